The van der Waals surface area contributed by atoms with Gasteiger partial charge in [-0.3, -0.25) is 4.68 Å². The van der Waals surface area contributed by atoms with Crippen molar-refractivity contribution in [2.45, 2.75) is 32.9 Å². The van der Waals surface area contributed by atoms with Gasteiger partial charge in [-0.25, -0.2) is 0 Å². The topological polar surface area (TPSA) is 29.9 Å². The molecule has 3 nitrogen and oxygen atoms in total. The summed E-state index contributed by atoms with van der Waals surface area (Å²) in [6.45, 7) is 5.01. The third kappa shape index (κ3) is 4.00. The zero-order valence-corrected chi connectivity index (χ0v) is 11.0. The predicted octanol–water partition coefficient (Wildman–Crippen LogP) is 2.63. The number of aryl methyl sites for hydroxylation is 2. The summed E-state index contributed by atoms with van der Waals surface area (Å²) in [4.78, 5) is 0. The molecule has 0 aliphatic carbocycles. The van der Waals surface area contributed by atoms with E-state index in [0.29, 0.717) is 0 Å². The van der Waals surface area contributed by atoms with E-state index in [9.17, 15) is 0 Å². The Bertz CT molecular complexity index is 448. The molecule has 1 heterocycles. The van der Waals surface area contributed by atoms with Gasteiger partial charge in [-0.2, -0.15) is 5.10 Å². The van der Waals surface area contributed by atoms with Crippen LogP contribution < -0.4 is 5.32 Å². The zero-order chi connectivity index (χ0) is 12.6. The van der Waals surface area contributed by atoms with Crippen molar-refractivity contribution in [3.05, 3.63) is 53.9 Å². The quantitative estimate of drug-likeness (QED) is 0.810. The molecule has 0 amide bonds. The van der Waals surface area contributed by atoms with Crippen LogP contribution in [0.5, 0.6) is 0 Å². The predicted molar refractivity (Wildman–Crippen MR) is 74.4 cm³/mol. The SMILES string of the molecule is CCNCc1cnn(CCCc2ccccc2)c1. The molecule has 0 aliphatic rings. The van der Waals surface area contributed by atoms with E-state index in [2.05, 4.69) is 53.9 Å². The van der Waals surface area contributed by atoms with E-state index in [0.717, 1.165) is 32.5 Å². The van der Waals surface area contributed by atoms with E-state index in [-0.39, 0.29) is 0 Å². The summed E-state index contributed by atoms with van der Waals surface area (Å²) < 4.78 is 2.04. The maximum absolute atomic E-state index is 4.38. The Balaban J connectivity index is 1.75. The fourth-order valence-corrected chi connectivity index (χ4v) is 1.98. The third-order valence-corrected chi connectivity index (χ3v) is 2.96. The summed E-state index contributed by atoms with van der Waals surface area (Å²) in [7, 11) is 0. The van der Waals surface area contributed by atoms with Gasteiger partial charge in [0.25, 0.3) is 0 Å². The first-order valence-electron chi connectivity index (χ1n) is 6.64. The molecule has 0 bridgehead atoms. The average Bonchev–Trinajstić information content (AvgIpc) is 2.85. The molecule has 3 heteroatoms. The van der Waals surface area contributed by atoms with Crippen molar-refractivity contribution in [3.63, 3.8) is 0 Å². The summed E-state index contributed by atoms with van der Waals surface area (Å²) >= 11 is 0. The Hall–Kier alpha value is -1.61. The maximum atomic E-state index is 4.38. The number of nitrogens with one attached hydrogen (secondary N) is 1. The third-order valence-electron chi connectivity index (χ3n) is 2.96. The molecular weight excluding hydrogens is 222 g/mol. The fourth-order valence-electron chi connectivity index (χ4n) is 1.98. The minimum Gasteiger partial charge on any atom is -0.313 e. The Morgan fingerprint density at radius 2 is 2.00 bits per heavy atom. The number of hydrogen-bond acceptors (Lipinski definition) is 2. The van der Waals surface area contributed by atoms with Gasteiger partial charge >= 0.3 is 0 Å². The lowest BCUT2D eigenvalue weighted by molar-refractivity contribution is 0.578. The van der Waals surface area contributed by atoms with Gasteiger partial charge in [-0.15, -0.1) is 0 Å². The monoisotopic (exact) mass is 243 g/mol. The van der Waals surface area contributed by atoms with Crippen LogP contribution in [0.4, 0.5) is 0 Å². The van der Waals surface area contributed by atoms with Crippen molar-refractivity contribution < 1.29 is 0 Å². The van der Waals surface area contributed by atoms with Gasteiger partial charge < -0.3 is 5.32 Å². The van der Waals surface area contributed by atoms with Crippen molar-refractivity contribution >= 4 is 0 Å². The van der Waals surface area contributed by atoms with Crippen LogP contribution >= 0.6 is 0 Å². The number of rotatable bonds is 7. The van der Waals surface area contributed by atoms with E-state index in [1.54, 1.807) is 0 Å². The molecule has 0 saturated heterocycles. The molecule has 0 atom stereocenters. The summed E-state index contributed by atoms with van der Waals surface area (Å²) in [6, 6.07) is 10.6. The molecule has 1 N–H and O–H groups in total. The van der Waals surface area contributed by atoms with Crippen molar-refractivity contribution in [1.82, 2.24) is 15.1 Å². The van der Waals surface area contributed by atoms with Crippen LogP contribution in [0.3, 0.4) is 0 Å². The number of aromatic nitrogens is 2. The van der Waals surface area contributed by atoms with Crippen LogP contribution in [-0.2, 0) is 19.5 Å². The standard InChI is InChI=1S/C15H21N3/c1-2-16-11-15-12-17-18(13-15)10-6-9-14-7-4-3-5-8-14/h3-5,7-8,12-13,16H,2,6,9-11H2,1H3. The van der Waals surface area contributed by atoms with Crippen LogP contribution in [0.2, 0.25) is 0 Å². The van der Waals surface area contributed by atoms with Crippen LogP contribution in [-0.4, -0.2) is 16.3 Å². The van der Waals surface area contributed by atoms with Crippen LogP contribution in [0.25, 0.3) is 0 Å². The highest BCUT2D eigenvalue weighted by Crippen LogP contribution is 2.04. The van der Waals surface area contributed by atoms with E-state index in [1.165, 1.54) is 11.1 Å². The van der Waals surface area contributed by atoms with Gasteiger partial charge in [0, 0.05) is 24.8 Å². The highest BCUT2D eigenvalue weighted by molar-refractivity contribution is 5.14. The first-order valence-corrected chi connectivity index (χ1v) is 6.64. The molecule has 0 aliphatic heterocycles. The molecule has 1 aromatic carbocycles. The second-order valence-corrected chi connectivity index (χ2v) is 4.48. The normalized spacial score (nSPS) is 10.7. The molecule has 2 rings (SSSR count). The smallest absolute Gasteiger partial charge is 0.0534 e. The second-order valence-electron chi connectivity index (χ2n) is 4.48. The van der Waals surface area contributed by atoms with Gasteiger partial charge in [-0.05, 0) is 24.9 Å². The van der Waals surface area contributed by atoms with Crippen molar-refractivity contribution in [1.29, 1.82) is 0 Å². The van der Waals surface area contributed by atoms with Gasteiger partial charge in [0.2, 0.25) is 0 Å². The highest BCUT2D eigenvalue weighted by atomic mass is 15.3. The number of nitrogens with zero attached hydrogens (tertiary/aromatic N) is 2. The van der Waals surface area contributed by atoms with E-state index in [1.807, 2.05) is 10.9 Å². The molecule has 0 radical (unpaired) electrons. The van der Waals surface area contributed by atoms with Gasteiger partial charge in [0.1, 0.15) is 0 Å². The summed E-state index contributed by atoms with van der Waals surface area (Å²) in [5, 5.41) is 7.68. The Labute approximate surface area is 109 Å². The minimum atomic E-state index is 0.912. The first kappa shape index (κ1) is 12.8. The van der Waals surface area contributed by atoms with Crippen molar-refractivity contribution in [2.75, 3.05) is 6.54 Å². The lowest BCUT2D eigenvalue weighted by Crippen LogP contribution is -2.11. The maximum Gasteiger partial charge on any atom is 0.0534 e. The molecule has 1 aromatic heterocycles. The molecule has 0 fully saturated rings. The molecule has 96 valence electrons. The minimum absolute atomic E-state index is 0.912. The lowest BCUT2D eigenvalue weighted by Gasteiger charge is -2.02. The van der Waals surface area contributed by atoms with E-state index in [4.69, 9.17) is 0 Å². The summed E-state index contributed by atoms with van der Waals surface area (Å²) in [5.41, 5.74) is 2.66. The highest BCUT2D eigenvalue weighted by Gasteiger charge is 1.98. The fraction of sp³-hybridized carbons (Fsp3) is 0.400. The molecule has 2 aromatic rings. The Morgan fingerprint density at radius 1 is 1.17 bits per heavy atom. The molecular formula is C15H21N3. The molecule has 0 saturated carbocycles. The van der Waals surface area contributed by atoms with E-state index < -0.39 is 0 Å². The largest absolute Gasteiger partial charge is 0.313 e. The van der Waals surface area contributed by atoms with Gasteiger partial charge in [0.05, 0.1) is 6.20 Å². The molecule has 18 heavy (non-hydrogen) atoms. The molecule has 0 spiro atoms. The van der Waals surface area contributed by atoms with E-state index >= 15 is 0 Å². The number of hydrogen-bond donors (Lipinski definition) is 1. The molecule has 0 unspecified atom stereocenters. The zero-order valence-electron chi connectivity index (χ0n) is 11.0. The van der Waals surface area contributed by atoms with Gasteiger partial charge in [0.15, 0.2) is 0 Å². The number of benzene rings is 1. The second kappa shape index (κ2) is 6.97. The lowest BCUT2D eigenvalue weighted by atomic mass is 10.1. The Morgan fingerprint density at radius 3 is 2.78 bits per heavy atom. The van der Waals surface area contributed by atoms with Crippen LogP contribution in [0.15, 0.2) is 42.7 Å². The summed E-state index contributed by atoms with van der Waals surface area (Å²) in [6.07, 6.45) is 6.33. The summed E-state index contributed by atoms with van der Waals surface area (Å²) in [5.74, 6) is 0. The average molecular weight is 243 g/mol. The van der Waals surface area contributed by atoms with Crippen LogP contribution in [0.1, 0.15) is 24.5 Å². The van der Waals surface area contributed by atoms with Crippen molar-refractivity contribution in [2.24, 2.45) is 0 Å². The Kier molecular flexibility index (Phi) is 4.97. The van der Waals surface area contributed by atoms with Crippen molar-refractivity contribution in [3.8, 4) is 0 Å². The van der Waals surface area contributed by atoms with Gasteiger partial charge in [-0.1, -0.05) is 37.3 Å². The van der Waals surface area contributed by atoms with Crippen LogP contribution in [0, 0.1) is 0 Å². The first-order chi connectivity index (χ1) is 8.88.